The number of rotatable bonds is 3. The van der Waals surface area contributed by atoms with Crippen LogP contribution in [0.15, 0.2) is 18.2 Å². The molecule has 21 heavy (non-hydrogen) atoms. The van der Waals surface area contributed by atoms with Crippen molar-refractivity contribution < 1.29 is 4.92 Å². The number of hydrogen-bond acceptors (Lipinski definition) is 5. The Morgan fingerprint density at radius 1 is 1.38 bits per heavy atom. The van der Waals surface area contributed by atoms with Gasteiger partial charge in [0.2, 0.25) is 0 Å². The van der Waals surface area contributed by atoms with Crippen LogP contribution >= 0.6 is 0 Å². The van der Waals surface area contributed by atoms with Crippen LogP contribution in [0, 0.1) is 21.4 Å². The quantitative estimate of drug-likeness (QED) is 0.680. The maximum atomic E-state index is 11.3. The van der Waals surface area contributed by atoms with Crippen LogP contribution in [0.2, 0.25) is 0 Å². The smallest absolute Gasteiger partial charge is 0.293 e. The van der Waals surface area contributed by atoms with Gasteiger partial charge in [0.05, 0.1) is 16.6 Å². The van der Waals surface area contributed by atoms with Gasteiger partial charge < -0.3 is 10.2 Å². The first-order chi connectivity index (χ1) is 10.2. The Morgan fingerprint density at radius 3 is 2.90 bits per heavy atom. The highest BCUT2D eigenvalue weighted by molar-refractivity contribution is 5.66. The average molecular weight is 286 g/mol. The second-order valence-electron chi connectivity index (χ2n) is 5.68. The number of hydrogen-bond donors (Lipinski definition) is 1. The highest BCUT2D eigenvalue weighted by Gasteiger charge is 2.36. The van der Waals surface area contributed by atoms with Crippen molar-refractivity contribution in [3.05, 3.63) is 33.9 Å². The third kappa shape index (κ3) is 2.57. The van der Waals surface area contributed by atoms with Crippen molar-refractivity contribution in [3.8, 4) is 6.07 Å². The average Bonchev–Trinajstić information content (AvgIpc) is 3.17. The molecule has 2 saturated heterocycles. The van der Waals surface area contributed by atoms with E-state index in [4.69, 9.17) is 5.26 Å². The van der Waals surface area contributed by atoms with E-state index in [0.29, 0.717) is 23.3 Å². The van der Waals surface area contributed by atoms with Crippen molar-refractivity contribution in [3.63, 3.8) is 0 Å². The lowest BCUT2D eigenvalue weighted by Crippen LogP contribution is -2.44. The van der Waals surface area contributed by atoms with Crippen LogP contribution < -0.4 is 10.2 Å². The predicted molar refractivity (Wildman–Crippen MR) is 79.2 cm³/mol. The van der Waals surface area contributed by atoms with Gasteiger partial charge in [0.15, 0.2) is 0 Å². The summed E-state index contributed by atoms with van der Waals surface area (Å²) in [5.41, 5.74) is 1.02. The predicted octanol–water partition coefficient (Wildman–Crippen LogP) is 2.19. The molecule has 1 aromatic rings. The van der Waals surface area contributed by atoms with Gasteiger partial charge in [-0.3, -0.25) is 10.1 Å². The molecule has 2 fully saturated rings. The van der Waals surface area contributed by atoms with Crippen molar-refractivity contribution in [2.75, 3.05) is 18.0 Å². The Kier molecular flexibility index (Phi) is 3.76. The summed E-state index contributed by atoms with van der Waals surface area (Å²) in [6.07, 6.45) is 4.42. The Balaban J connectivity index is 1.95. The third-order valence-electron chi connectivity index (χ3n) is 4.47. The number of nitro groups is 1. The largest absolute Gasteiger partial charge is 0.361 e. The maximum Gasteiger partial charge on any atom is 0.293 e. The van der Waals surface area contributed by atoms with Crippen molar-refractivity contribution >= 4 is 11.4 Å². The number of anilines is 1. The molecule has 0 bridgehead atoms. The van der Waals surface area contributed by atoms with Gasteiger partial charge in [-0.05, 0) is 44.4 Å². The number of nitriles is 1. The molecule has 1 N–H and O–H groups in total. The van der Waals surface area contributed by atoms with Crippen LogP contribution in [0.1, 0.15) is 31.2 Å². The van der Waals surface area contributed by atoms with Crippen LogP contribution in [-0.4, -0.2) is 30.1 Å². The summed E-state index contributed by atoms with van der Waals surface area (Å²) in [6.45, 7) is 1.88. The summed E-state index contributed by atoms with van der Waals surface area (Å²) < 4.78 is 0. The van der Waals surface area contributed by atoms with Gasteiger partial charge in [0.25, 0.3) is 5.69 Å². The van der Waals surface area contributed by atoms with Crippen molar-refractivity contribution in [2.45, 2.75) is 37.8 Å². The van der Waals surface area contributed by atoms with E-state index < -0.39 is 0 Å². The Bertz CT molecular complexity index is 590. The number of benzene rings is 1. The molecule has 0 aliphatic carbocycles. The highest BCUT2D eigenvalue weighted by Crippen LogP contribution is 2.36. The van der Waals surface area contributed by atoms with E-state index in [1.54, 1.807) is 12.1 Å². The van der Waals surface area contributed by atoms with E-state index in [1.807, 2.05) is 6.07 Å². The molecule has 6 heteroatoms. The SMILES string of the molecule is N#Cc1ccc(N2CCCC2C2CCCN2)c([N+](=O)[O-])c1. The fraction of sp³-hybridized carbons (Fsp3) is 0.533. The first-order valence-corrected chi connectivity index (χ1v) is 7.39. The molecule has 2 heterocycles. The molecule has 2 atom stereocenters. The zero-order valence-corrected chi connectivity index (χ0v) is 11.8. The normalized spacial score (nSPS) is 25.0. The second kappa shape index (κ2) is 5.70. The monoisotopic (exact) mass is 286 g/mol. The first-order valence-electron chi connectivity index (χ1n) is 7.39. The van der Waals surface area contributed by atoms with Crippen LogP contribution in [0.5, 0.6) is 0 Å². The minimum Gasteiger partial charge on any atom is -0.361 e. The lowest BCUT2D eigenvalue weighted by molar-refractivity contribution is -0.384. The van der Waals surface area contributed by atoms with E-state index in [0.717, 1.165) is 32.4 Å². The van der Waals surface area contributed by atoms with Gasteiger partial charge in [-0.2, -0.15) is 5.26 Å². The van der Waals surface area contributed by atoms with E-state index in [1.165, 1.54) is 12.5 Å². The first kappa shape index (κ1) is 13.8. The van der Waals surface area contributed by atoms with Gasteiger partial charge in [0, 0.05) is 24.7 Å². The number of nitrogens with one attached hydrogen (secondary N) is 1. The Labute approximate surface area is 123 Å². The molecule has 0 spiro atoms. The molecule has 1 aromatic carbocycles. The van der Waals surface area contributed by atoms with Crippen molar-refractivity contribution in [1.29, 1.82) is 5.26 Å². The van der Waals surface area contributed by atoms with Gasteiger partial charge in [-0.15, -0.1) is 0 Å². The van der Waals surface area contributed by atoms with Gasteiger partial charge in [0.1, 0.15) is 5.69 Å². The molecule has 0 saturated carbocycles. The molecule has 2 unspecified atom stereocenters. The summed E-state index contributed by atoms with van der Waals surface area (Å²) in [5.74, 6) is 0. The fourth-order valence-electron chi connectivity index (χ4n) is 3.53. The third-order valence-corrected chi connectivity index (χ3v) is 4.47. The molecule has 2 aliphatic rings. The molecule has 6 nitrogen and oxygen atoms in total. The number of nitrogens with zero attached hydrogens (tertiary/aromatic N) is 3. The molecule has 0 amide bonds. The Hall–Kier alpha value is -2.13. The van der Waals surface area contributed by atoms with Crippen LogP contribution in [0.4, 0.5) is 11.4 Å². The molecule has 2 aliphatic heterocycles. The summed E-state index contributed by atoms with van der Waals surface area (Å²) in [7, 11) is 0. The lowest BCUT2D eigenvalue weighted by Gasteiger charge is -2.31. The summed E-state index contributed by atoms with van der Waals surface area (Å²) in [6, 6.07) is 7.48. The zero-order valence-electron chi connectivity index (χ0n) is 11.8. The minimum absolute atomic E-state index is 0.0407. The summed E-state index contributed by atoms with van der Waals surface area (Å²) in [4.78, 5) is 13.1. The van der Waals surface area contributed by atoms with E-state index in [2.05, 4.69) is 10.2 Å². The standard InChI is InChI=1S/C15H18N4O2/c16-10-11-5-6-14(15(9-11)19(20)21)18-8-2-4-13(18)12-3-1-7-17-12/h5-6,9,12-13,17H,1-4,7-8H2. The topological polar surface area (TPSA) is 82.2 Å². The molecule has 3 rings (SSSR count). The van der Waals surface area contributed by atoms with E-state index in [-0.39, 0.29) is 10.6 Å². The summed E-state index contributed by atoms with van der Waals surface area (Å²) in [5, 5.41) is 23.8. The van der Waals surface area contributed by atoms with Crippen molar-refractivity contribution in [2.24, 2.45) is 0 Å². The van der Waals surface area contributed by atoms with Crippen molar-refractivity contribution in [1.82, 2.24) is 5.32 Å². The van der Waals surface area contributed by atoms with Crippen LogP contribution in [0.25, 0.3) is 0 Å². The van der Waals surface area contributed by atoms with Crippen LogP contribution in [0.3, 0.4) is 0 Å². The van der Waals surface area contributed by atoms with Crippen LogP contribution in [-0.2, 0) is 0 Å². The molecular weight excluding hydrogens is 268 g/mol. The second-order valence-corrected chi connectivity index (χ2v) is 5.68. The van der Waals surface area contributed by atoms with Gasteiger partial charge in [-0.1, -0.05) is 0 Å². The van der Waals surface area contributed by atoms with Gasteiger partial charge in [-0.25, -0.2) is 0 Å². The lowest BCUT2D eigenvalue weighted by atomic mass is 10.0. The molecular formula is C15H18N4O2. The zero-order chi connectivity index (χ0) is 14.8. The van der Waals surface area contributed by atoms with E-state index >= 15 is 0 Å². The Morgan fingerprint density at radius 2 is 2.24 bits per heavy atom. The summed E-state index contributed by atoms with van der Waals surface area (Å²) >= 11 is 0. The fourth-order valence-corrected chi connectivity index (χ4v) is 3.53. The van der Waals surface area contributed by atoms with Gasteiger partial charge >= 0.3 is 0 Å². The molecule has 0 radical (unpaired) electrons. The molecule has 0 aromatic heterocycles. The maximum absolute atomic E-state index is 11.3. The highest BCUT2D eigenvalue weighted by atomic mass is 16.6. The number of nitro benzene ring substituents is 1. The minimum atomic E-state index is -0.381. The molecule has 110 valence electrons. The van der Waals surface area contributed by atoms with E-state index in [9.17, 15) is 10.1 Å².